The zero-order valence-electron chi connectivity index (χ0n) is 24.5. The minimum Gasteiger partial charge on any atom is -0.374 e. The molecule has 4 aromatic rings. The molecule has 224 valence electrons. The summed E-state index contributed by atoms with van der Waals surface area (Å²) >= 11 is 0. The lowest BCUT2D eigenvalue weighted by Gasteiger charge is -2.50. The molecule has 0 unspecified atom stereocenters. The summed E-state index contributed by atoms with van der Waals surface area (Å²) in [5, 5.41) is 0. The molecule has 0 radical (unpaired) electrons. The van der Waals surface area contributed by atoms with Crippen molar-refractivity contribution in [2.45, 2.75) is 69.5 Å². The molecule has 0 N–H and O–H groups in total. The average Bonchev–Trinajstić information content (AvgIpc) is 3.53. The Hall–Kier alpha value is -3.36. The fourth-order valence-electron chi connectivity index (χ4n) is 5.87. The maximum atomic E-state index is 6.88. The van der Waals surface area contributed by atoms with Crippen LogP contribution in [0.25, 0.3) is 0 Å². The van der Waals surface area contributed by atoms with Crippen molar-refractivity contribution in [3.05, 3.63) is 144 Å². The Balaban J connectivity index is 1.29. The number of benzene rings is 4. The van der Waals surface area contributed by atoms with Gasteiger partial charge in [-0.1, -0.05) is 121 Å². The zero-order chi connectivity index (χ0) is 29.2. The molecule has 0 amide bonds. The van der Waals surface area contributed by atoms with E-state index in [0.29, 0.717) is 46.1 Å². The molecule has 2 fully saturated rings. The minimum absolute atomic E-state index is 0.329. The highest BCUT2D eigenvalue weighted by Gasteiger charge is 2.59. The van der Waals surface area contributed by atoms with Crippen LogP contribution >= 0.6 is 0 Å². The third-order valence-corrected chi connectivity index (χ3v) is 8.03. The van der Waals surface area contributed by atoms with Crippen LogP contribution in [-0.2, 0) is 54.8 Å². The predicted molar refractivity (Wildman–Crippen MR) is 164 cm³/mol. The van der Waals surface area contributed by atoms with Gasteiger partial charge in [0.1, 0.15) is 24.4 Å². The second kappa shape index (κ2) is 14.9. The van der Waals surface area contributed by atoms with Crippen LogP contribution < -0.4 is 0 Å². The smallest absolute Gasteiger partial charge is 0.197 e. The van der Waals surface area contributed by atoms with Gasteiger partial charge in [-0.25, -0.2) is 0 Å². The molecular formula is C37H40O6. The zero-order valence-corrected chi connectivity index (χ0v) is 24.5. The van der Waals surface area contributed by atoms with E-state index in [-0.39, 0.29) is 0 Å². The van der Waals surface area contributed by atoms with Crippen LogP contribution in [0.5, 0.6) is 0 Å². The first-order valence-corrected chi connectivity index (χ1v) is 15.2. The Bertz CT molecular complexity index is 1350. The summed E-state index contributed by atoms with van der Waals surface area (Å²) in [6, 6.07) is 40.7. The normalized spacial score (nSPS) is 25.2. The Kier molecular flexibility index (Phi) is 10.3. The summed E-state index contributed by atoms with van der Waals surface area (Å²) in [4.78, 5) is 0. The van der Waals surface area contributed by atoms with Gasteiger partial charge < -0.3 is 28.4 Å². The van der Waals surface area contributed by atoms with Gasteiger partial charge in [0.2, 0.25) is 0 Å². The number of hydrogen-bond donors (Lipinski definition) is 0. The summed E-state index contributed by atoms with van der Waals surface area (Å²) in [6.45, 7) is 2.64. The largest absolute Gasteiger partial charge is 0.374 e. The Morgan fingerprint density at radius 1 is 0.558 bits per heavy atom. The summed E-state index contributed by atoms with van der Waals surface area (Å²) in [5.74, 6) is -0.955. The lowest BCUT2D eigenvalue weighted by atomic mass is 9.90. The maximum Gasteiger partial charge on any atom is 0.197 e. The molecule has 1 spiro atoms. The van der Waals surface area contributed by atoms with E-state index in [2.05, 4.69) is 48.5 Å². The van der Waals surface area contributed by atoms with Crippen LogP contribution in [0.4, 0.5) is 0 Å². The Morgan fingerprint density at radius 3 is 1.51 bits per heavy atom. The monoisotopic (exact) mass is 580 g/mol. The molecule has 43 heavy (non-hydrogen) atoms. The van der Waals surface area contributed by atoms with E-state index in [9.17, 15) is 0 Å². The highest BCUT2D eigenvalue weighted by atomic mass is 16.7. The first kappa shape index (κ1) is 29.7. The fourth-order valence-corrected chi connectivity index (χ4v) is 5.87. The number of rotatable bonds is 13. The van der Waals surface area contributed by atoms with Crippen molar-refractivity contribution in [3.8, 4) is 0 Å². The van der Waals surface area contributed by atoms with Crippen molar-refractivity contribution in [2.75, 3.05) is 13.2 Å². The van der Waals surface area contributed by atoms with Gasteiger partial charge in [-0.15, -0.1) is 0 Å². The van der Waals surface area contributed by atoms with E-state index >= 15 is 0 Å². The molecule has 0 aromatic heterocycles. The molecule has 6 heteroatoms. The molecule has 0 aliphatic carbocycles. The topological polar surface area (TPSA) is 55.4 Å². The van der Waals surface area contributed by atoms with E-state index in [1.165, 1.54) is 0 Å². The van der Waals surface area contributed by atoms with Gasteiger partial charge >= 0.3 is 0 Å². The first-order chi connectivity index (χ1) is 21.3. The van der Waals surface area contributed by atoms with Gasteiger partial charge in [0.05, 0.1) is 39.6 Å². The van der Waals surface area contributed by atoms with Crippen LogP contribution in [0, 0.1) is 0 Å². The average molecular weight is 581 g/mol. The predicted octanol–water partition coefficient (Wildman–Crippen LogP) is 6.86. The van der Waals surface area contributed by atoms with Crippen molar-refractivity contribution in [2.24, 2.45) is 0 Å². The Labute approximate surface area is 254 Å². The van der Waals surface area contributed by atoms with Crippen molar-refractivity contribution < 1.29 is 28.4 Å². The first-order valence-electron chi connectivity index (χ1n) is 15.2. The number of hydrogen-bond acceptors (Lipinski definition) is 6. The third kappa shape index (κ3) is 7.78. The molecule has 4 aromatic carbocycles. The quantitative estimate of drug-likeness (QED) is 0.172. The van der Waals surface area contributed by atoms with Crippen molar-refractivity contribution in [1.29, 1.82) is 0 Å². The van der Waals surface area contributed by atoms with Crippen LogP contribution in [0.1, 0.15) is 35.1 Å². The molecule has 5 atom stereocenters. The minimum atomic E-state index is -0.955. The summed E-state index contributed by atoms with van der Waals surface area (Å²) in [7, 11) is 0. The standard InChI is InChI=1S/C37H40O6/c1-5-14-29(15-6-1)24-38-28-33-34(39-25-30-16-7-2-8-17-30)35(40-26-31-18-9-3-10-19-31)36(37(43-33)22-13-23-42-37)41-27-32-20-11-4-12-21-32/h1-12,14-21,33-36H,13,22-28H2/t33-,34-,35+,36+,37-/m1/s1. The summed E-state index contributed by atoms with van der Waals surface area (Å²) in [6.07, 6.45) is -0.282. The van der Waals surface area contributed by atoms with Gasteiger partial charge in [-0.2, -0.15) is 0 Å². The molecule has 6 nitrogen and oxygen atoms in total. The summed E-state index contributed by atoms with van der Waals surface area (Å²) < 4.78 is 39.8. The van der Waals surface area contributed by atoms with Gasteiger partial charge in [0.15, 0.2) is 5.79 Å². The van der Waals surface area contributed by atoms with E-state index in [1.54, 1.807) is 0 Å². The van der Waals surface area contributed by atoms with Crippen LogP contribution in [0.15, 0.2) is 121 Å². The lowest BCUT2D eigenvalue weighted by molar-refractivity contribution is -0.371. The van der Waals surface area contributed by atoms with E-state index < -0.39 is 30.2 Å². The van der Waals surface area contributed by atoms with Crippen LogP contribution in [0.3, 0.4) is 0 Å². The molecule has 2 saturated heterocycles. The molecule has 2 aliphatic rings. The highest BCUT2D eigenvalue weighted by molar-refractivity contribution is 5.17. The molecule has 0 bridgehead atoms. The highest BCUT2D eigenvalue weighted by Crippen LogP contribution is 2.43. The van der Waals surface area contributed by atoms with Crippen molar-refractivity contribution >= 4 is 0 Å². The summed E-state index contributed by atoms with van der Waals surface area (Å²) in [5.41, 5.74) is 4.34. The van der Waals surface area contributed by atoms with Gasteiger partial charge in [0.25, 0.3) is 0 Å². The van der Waals surface area contributed by atoms with Gasteiger partial charge in [-0.3, -0.25) is 0 Å². The lowest BCUT2D eigenvalue weighted by Crippen LogP contribution is -2.67. The molecule has 6 rings (SSSR count). The fraction of sp³-hybridized carbons (Fsp3) is 0.351. The van der Waals surface area contributed by atoms with E-state index in [1.807, 2.05) is 72.8 Å². The van der Waals surface area contributed by atoms with Crippen LogP contribution in [0.2, 0.25) is 0 Å². The third-order valence-electron chi connectivity index (χ3n) is 8.03. The van der Waals surface area contributed by atoms with E-state index in [0.717, 1.165) is 28.7 Å². The SMILES string of the molecule is c1ccc(COC[C@H]2O[C@]3(CCCO3)[C@@H](OCc3ccccc3)[C@@H](OCc3ccccc3)[C@@H]2OCc2ccccc2)cc1. The second-order valence-electron chi connectivity index (χ2n) is 11.2. The van der Waals surface area contributed by atoms with Crippen molar-refractivity contribution in [3.63, 3.8) is 0 Å². The van der Waals surface area contributed by atoms with Gasteiger partial charge in [0, 0.05) is 6.42 Å². The van der Waals surface area contributed by atoms with Crippen LogP contribution in [-0.4, -0.2) is 43.4 Å². The Morgan fingerprint density at radius 2 is 1.02 bits per heavy atom. The van der Waals surface area contributed by atoms with Crippen molar-refractivity contribution in [1.82, 2.24) is 0 Å². The molecular weight excluding hydrogens is 540 g/mol. The van der Waals surface area contributed by atoms with E-state index in [4.69, 9.17) is 28.4 Å². The molecule has 0 saturated carbocycles. The number of ether oxygens (including phenoxy) is 6. The molecule has 2 aliphatic heterocycles. The molecule has 2 heterocycles. The maximum absolute atomic E-state index is 6.88. The van der Waals surface area contributed by atoms with Gasteiger partial charge in [-0.05, 0) is 28.7 Å². The second-order valence-corrected chi connectivity index (χ2v) is 11.2.